The van der Waals surface area contributed by atoms with Gasteiger partial charge in [0, 0.05) is 29.3 Å². The Morgan fingerprint density at radius 2 is 1.59 bits per heavy atom. The fraction of sp³-hybridized carbons (Fsp3) is 0.310. The van der Waals surface area contributed by atoms with Crippen LogP contribution >= 0.6 is 0 Å². The number of fused-ring (bicyclic) bond motifs is 1. The Labute approximate surface area is 202 Å². The summed E-state index contributed by atoms with van der Waals surface area (Å²) in [6.07, 6.45) is 0. The molecule has 4 rings (SSSR count). The highest BCUT2D eigenvalue weighted by Gasteiger charge is 2.23. The number of ether oxygens (including phenoxy) is 1. The molecule has 0 saturated carbocycles. The van der Waals surface area contributed by atoms with Crippen molar-refractivity contribution in [3.63, 3.8) is 0 Å². The third kappa shape index (κ3) is 5.30. The van der Waals surface area contributed by atoms with Gasteiger partial charge in [0.15, 0.2) is 0 Å². The fourth-order valence-corrected chi connectivity index (χ4v) is 4.11. The summed E-state index contributed by atoms with van der Waals surface area (Å²) in [4.78, 5) is 29.8. The number of amides is 2. The lowest BCUT2D eigenvalue weighted by atomic mass is 10.1. The Morgan fingerprint density at radius 1 is 0.941 bits per heavy atom. The smallest absolute Gasteiger partial charge is 0.254 e. The monoisotopic (exact) mass is 456 g/mol. The first kappa shape index (κ1) is 23.6. The molecule has 176 valence electrons. The number of anilines is 1. The number of benzene rings is 3. The van der Waals surface area contributed by atoms with Gasteiger partial charge in [0.1, 0.15) is 12.4 Å². The second-order valence-electron chi connectivity index (χ2n) is 9.30. The molecular weight excluding hydrogens is 424 g/mol. The van der Waals surface area contributed by atoms with E-state index in [1.165, 1.54) is 0 Å². The number of rotatable bonds is 5. The van der Waals surface area contributed by atoms with Crippen molar-refractivity contribution in [1.82, 2.24) is 4.90 Å². The molecule has 0 aliphatic carbocycles. The highest BCUT2D eigenvalue weighted by atomic mass is 16.5. The molecule has 0 unspecified atom stereocenters. The van der Waals surface area contributed by atoms with Gasteiger partial charge >= 0.3 is 0 Å². The molecule has 0 spiro atoms. The summed E-state index contributed by atoms with van der Waals surface area (Å²) in [5, 5.41) is 0. The van der Waals surface area contributed by atoms with E-state index in [-0.39, 0.29) is 17.7 Å². The zero-order valence-corrected chi connectivity index (χ0v) is 20.4. The Balaban J connectivity index is 1.59. The van der Waals surface area contributed by atoms with Crippen molar-refractivity contribution < 1.29 is 14.3 Å². The zero-order chi connectivity index (χ0) is 24.2. The van der Waals surface area contributed by atoms with Gasteiger partial charge in [0.05, 0.1) is 13.1 Å². The molecule has 1 aliphatic rings. The molecule has 3 aromatic carbocycles. The molecule has 0 atom stereocenters. The molecule has 2 amide bonds. The average molecular weight is 457 g/mol. The third-order valence-electron chi connectivity index (χ3n) is 6.14. The number of hydrogen-bond donors (Lipinski definition) is 0. The van der Waals surface area contributed by atoms with E-state index < -0.39 is 0 Å². The molecule has 5 nitrogen and oxygen atoms in total. The minimum Gasteiger partial charge on any atom is -0.491 e. The van der Waals surface area contributed by atoms with Crippen LogP contribution in [0.25, 0.3) is 0 Å². The van der Waals surface area contributed by atoms with Crippen LogP contribution in [0.5, 0.6) is 5.75 Å². The number of nitrogens with zero attached hydrogens (tertiary/aromatic N) is 2. The molecule has 1 heterocycles. The lowest BCUT2D eigenvalue weighted by Gasteiger charge is -2.26. The van der Waals surface area contributed by atoms with E-state index in [0.29, 0.717) is 31.8 Å². The molecule has 0 fully saturated rings. The molecule has 0 aromatic heterocycles. The highest BCUT2D eigenvalue weighted by molar-refractivity contribution is 5.95. The first-order valence-electron chi connectivity index (χ1n) is 11.8. The molecule has 3 aromatic rings. The van der Waals surface area contributed by atoms with Crippen LogP contribution in [-0.4, -0.2) is 29.9 Å². The van der Waals surface area contributed by atoms with Crippen LogP contribution in [0.3, 0.4) is 0 Å². The fourth-order valence-electron chi connectivity index (χ4n) is 4.11. The average Bonchev–Trinajstić information content (AvgIpc) is 3.05. The van der Waals surface area contributed by atoms with Crippen molar-refractivity contribution in [3.05, 3.63) is 94.5 Å². The van der Waals surface area contributed by atoms with Gasteiger partial charge in [-0.25, -0.2) is 0 Å². The summed E-state index contributed by atoms with van der Waals surface area (Å²) >= 11 is 0. The molecule has 0 bridgehead atoms. The second kappa shape index (κ2) is 10.1. The SMILES string of the molecule is Cc1ccc(C(=O)N2CCOc3ccc(CN(C(=O)C(C)C)c4ccc(C)cc4)cc3C2)cc1. The summed E-state index contributed by atoms with van der Waals surface area (Å²) in [5.41, 5.74) is 5.80. The Morgan fingerprint density at radius 3 is 2.24 bits per heavy atom. The lowest BCUT2D eigenvalue weighted by Crippen LogP contribution is -2.34. The second-order valence-corrected chi connectivity index (χ2v) is 9.30. The molecular formula is C29H32N2O3. The summed E-state index contributed by atoms with van der Waals surface area (Å²) in [7, 11) is 0. The van der Waals surface area contributed by atoms with Gasteiger partial charge in [-0.2, -0.15) is 0 Å². The van der Waals surface area contributed by atoms with Crippen LogP contribution in [0.1, 0.15) is 46.5 Å². The Hall–Kier alpha value is -3.60. The molecule has 34 heavy (non-hydrogen) atoms. The maximum absolute atomic E-state index is 13.1. The van der Waals surface area contributed by atoms with E-state index >= 15 is 0 Å². The first-order chi connectivity index (χ1) is 16.3. The number of hydrogen-bond acceptors (Lipinski definition) is 3. The predicted molar refractivity (Wildman–Crippen MR) is 135 cm³/mol. The Kier molecular flexibility index (Phi) is 7.01. The van der Waals surface area contributed by atoms with Crippen LogP contribution in [0.2, 0.25) is 0 Å². The van der Waals surface area contributed by atoms with E-state index in [9.17, 15) is 9.59 Å². The van der Waals surface area contributed by atoms with E-state index in [1.54, 1.807) is 0 Å². The number of aryl methyl sites for hydroxylation is 2. The normalized spacial score (nSPS) is 13.1. The standard InChI is InChI=1S/C29H32N2O3/c1-20(2)28(32)31(26-12-7-22(4)8-13-26)18-23-9-14-27-25(17-23)19-30(15-16-34-27)29(33)24-10-5-21(3)6-11-24/h5-14,17,20H,15-16,18-19H2,1-4H3. The minimum absolute atomic E-state index is 0.00174. The summed E-state index contributed by atoms with van der Waals surface area (Å²) in [6, 6.07) is 21.7. The van der Waals surface area contributed by atoms with Gasteiger partial charge in [-0.3, -0.25) is 9.59 Å². The summed E-state index contributed by atoms with van der Waals surface area (Å²) in [6.45, 7) is 9.79. The van der Waals surface area contributed by atoms with Gasteiger partial charge in [0.25, 0.3) is 5.91 Å². The lowest BCUT2D eigenvalue weighted by molar-refractivity contribution is -0.121. The van der Waals surface area contributed by atoms with E-state index in [0.717, 1.165) is 33.7 Å². The Bertz CT molecular complexity index is 1170. The number of carbonyl (C=O) groups excluding carboxylic acids is 2. The van der Waals surface area contributed by atoms with Crippen molar-refractivity contribution >= 4 is 17.5 Å². The van der Waals surface area contributed by atoms with Crippen molar-refractivity contribution in [3.8, 4) is 5.75 Å². The van der Waals surface area contributed by atoms with Crippen LogP contribution in [0, 0.1) is 19.8 Å². The predicted octanol–water partition coefficient (Wildman–Crippen LogP) is 5.53. The van der Waals surface area contributed by atoms with Crippen molar-refractivity contribution in [2.24, 2.45) is 5.92 Å². The highest BCUT2D eigenvalue weighted by Crippen LogP contribution is 2.27. The molecule has 0 N–H and O–H groups in total. The van der Waals surface area contributed by atoms with E-state index in [4.69, 9.17) is 4.74 Å². The van der Waals surface area contributed by atoms with Gasteiger partial charge in [0.2, 0.25) is 5.91 Å². The first-order valence-corrected chi connectivity index (χ1v) is 11.8. The van der Waals surface area contributed by atoms with Crippen molar-refractivity contribution in [2.45, 2.75) is 40.8 Å². The zero-order valence-electron chi connectivity index (χ0n) is 20.4. The quantitative estimate of drug-likeness (QED) is 0.507. The summed E-state index contributed by atoms with van der Waals surface area (Å²) < 4.78 is 5.95. The van der Waals surface area contributed by atoms with Crippen LogP contribution in [0.15, 0.2) is 66.7 Å². The minimum atomic E-state index is -0.118. The molecule has 0 saturated heterocycles. The van der Waals surface area contributed by atoms with E-state index in [1.807, 2.05) is 98.2 Å². The van der Waals surface area contributed by atoms with E-state index in [2.05, 4.69) is 6.07 Å². The summed E-state index contributed by atoms with van der Waals surface area (Å²) in [5.74, 6) is 0.748. The van der Waals surface area contributed by atoms with Crippen LogP contribution in [0.4, 0.5) is 5.69 Å². The maximum atomic E-state index is 13.1. The van der Waals surface area contributed by atoms with Crippen LogP contribution < -0.4 is 9.64 Å². The van der Waals surface area contributed by atoms with Gasteiger partial charge in [-0.1, -0.05) is 55.3 Å². The van der Waals surface area contributed by atoms with Crippen molar-refractivity contribution in [2.75, 3.05) is 18.1 Å². The topological polar surface area (TPSA) is 49.9 Å². The van der Waals surface area contributed by atoms with Crippen molar-refractivity contribution in [1.29, 1.82) is 0 Å². The molecule has 1 aliphatic heterocycles. The maximum Gasteiger partial charge on any atom is 0.254 e. The third-order valence-corrected chi connectivity index (χ3v) is 6.14. The van der Waals surface area contributed by atoms with Gasteiger partial charge in [-0.05, 0) is 55.8 Å². The van der Waals surface area contributed by atoms with Gasteiger partial charge in [-0.15, -0.1) is 0 Å². The molecule has 0 radical (unpaired) electrons. The largest absolute Gasteiger partial charge is 0.491 e. The number of carbonyl (C=O) groups is 2. The van der Waals surface area contributed by atoms with Gasteiger partial charge < -0.3 is 14.5 Å². The van der Waals surface area contributed by atoms with Crippen LogP contribution in [-0.2, 0) is 17.9 Å². The molecule has 5 heteroatoms.